The molecule has 0 spiro atoms. The fourth-order valence-corrected chi connectivity index (χ4v) is 3.49. The molecule has 1 rings (SSSR count). The van der Waals surface area contributed by atoms with E-state index in [1.165, 1.54) is 16.7 Å². The van der Waals surface area contributed by atoms with Gasteiger partial charge in [-0.05, 0) is 52.1 Å². The van der Waals surface area contributed by atoms with E-state index in [-0.39, 0.29) is 0 Å². The predicted molar refractivity (Wildman–Crippen MR) is 99.4 cm³/mol. The van der Waals surface area contributed by atoms with Crippen molar-refractivity contribution in [1.82, 2.24) is 0 Å². The Kier molecular flexibility index (Phi) is 7.29. The average Bonchev–Trinajstić information content (AvgIpc) is 2.42. The maximum absolute atomic E-state index is 12.9. The minimum absolute atomic E-state index is 0.302. The first-order chi connectivity index (χ1) is 10.1. The van der Waals surface area contributed by atoms with Crippen molar-refractivity contribution in [3.63, 3.8) is 0 Å². The quantitative estimate of drug-likeness (QED) is 0.635. The van der Waals surface area contributed by atoms with E-state index in [0.717, 1.165) is 19.9 Å². The Hall–Kier alpha value is -0.650. The Morgan fingerprint density at radius 1 is 0.864 bits per heavy atom. The summed E-state index contributed by atoms with van der Waals surface area (Å²) in [5.74, 6) is 1.81. The van der Waals surface area contributed by atoms with Crippen molar-refractivity contribution < 1.29 is 5.11 Å². The van der Waals surface area contributed by atoms with E-state index in [0.29, 0.717) is 29.2 Å². The smallest absolute Gasteiger partial charge is 0.00927 e. The molecular weight excluding hydrogens is 287 g/mol. The largest absolute Gasteiger partial charge is 0.824 e. The second-order valence-corrected chi connectivity index (χ2v) is 8.67. The lowest BCUT2D eigenvalue weighted by Gasteiger charge is -2.27. The molecule has 0 radical (unpaired) electrons. The van der Waals surface area contributed by atoms with Crippen LogP contribution in [0, 0.1) is 5.92 Å². The van der Waals surface area contributed by atoms with Crippen LogP contribution >= 0.6 is 8.20 Å². The van der Waals surface area contributed by atoms with Gasteiger partial charge in [0.2, 0.25) is 0 Å². The molecule has 0 saturated heterocycles. The standard InChI is InChI=1S/C20H33OP/c1-12(2)11-22-20(21)19-17(14(5)6)9-16(13(3)4)10-18(19)15(7)8/h9-10,12-15,21H,11H2,1-8H3/p-1. The maximum Gasteiger partial charge on any atom is -0.00927 e. The van der Waals surface area contributed by atoms with Gasteiger partial charge in [-0.15, -0.1) is 13.7 Å². The molecule has 0 heterocycles. The summed E-state index contributed by atoms with van der Waals surface area (Å²) in [5, 5.41) is 12.9. The van der Waals surface area contributed by atoms with Gasteiger partial charge in [0.25, 0.3) is 0 Å². The lowest BCUT2D eigenvalue weighted by molar-refractivity contribution is -0.207. The van der Waals surface area contributed by atoms with Crippen molar-refractivity contribution >= 4 is 13.7 Å². The fraction of sp³-hybridized carbons (Fsp3) is 0.650. The molecule has 0 saturated carbocycles. The third-order valence-electron chi connectivity index (χ3n) is 3.95. The van der Waals surface area contributed by atoms with E-state index in [1.807, 2.05) is 0 Å². The molecular formula is C20H32OP-. The van der Waals surface area contributed by atoms with Crippen LogP contribution in [0.1, 0.15) is 95.4 Å². The summed E-state index contributed by atoms with van der Waals surface area (Å²) in [5.41, 5.74) is 5.12. The van der Waals surface area contributed by atoms with Crippen LogP contribution in [0.2, 0.25) is 0 Å². The second kappa shape index (κ2) is 8.27. The van der Waals surface area contributed by atoms with Crippen LogP contribution in [-0.2, 0) is 0 Å². The van der Waals surface area contributed by atoms with Crippen LogP contribution in [0.15, 0.2) is 12.1 Å². The van der Waals surface area contributed by atoms with Crippen LogP contribution in [0.5, 0.6) is 0 Å². The molecule has 0 fully saturated rings. The van der Waals surface area contributed by atoms with Gasteiger partial charge in [-0.1, -0.05) is 67.5 Å². The zero-order chi connectivity index (χ0) is 17.0. The van der Waals surface area contributed by atoms with Gasteiger partial charge in [0.05, 0.1) is 0 Å². The summed E-state index contributed by atoms with van der Waals surface area (Å²) < 4.78 is 0. The molecule has 0 amide bonds. The highest BCUT2D eigenvalue weighted by Crippen LogP contribution is 2.33. The van der Waals surface area contributed by atoms with E-state index in [9.17, 15) is 5.11 Å². The van der Waals surface area contributed by atoms with Gasteiger partial charge in [-0.25, -0.2) is 0 Å². The van der Waals surface area contributed by atoms with Crippen molar-refractivity contribution in [2.45, 2.75) is 73.1 Å². The predicted octanol–water partition coefficient (Wildman–Crippen LogP) is 5.50. The van der Waals surface area contributed by atoms with Crippen LogP contribution in [0.4, 0.5) is 0 Å². The van der Waals surface area contributed by atoms with E-state index >= 15 is 0 Å². The number of rotatable bonds is 6. The summed E-state index contributed by atoms with van der Waals surface area (Å²) in [6, 6.07) is 4.53. The molecule has 0 aliphatic carbocycles. The van der Waals surface area contributed by atoms with Crippen LogP contribution in [0.3, 0.4) is 0 Å². The third kappa shape index (κ3) is 4.93. The van der Waals surface area contributed by atoms with Gasteiger partial charge in [-0.3, -0.25) is 0 Å². The average molecular weight is 319 g/mol. The Morgan fingerprint density at radius 3 is 1.64 bits per heavy atom. The Bertz CT molecular complexity index is 496. The van der Waals surface area contributed by atoms with Crippen molar-refractivity contribution in [1.29, 1.82) is 0 Å². The van der Waals surface area contributed by atoms with Gasteiger partial charge in [-0.2, -0.15) is 0 Å². The summed E-state index contributed by atoms with van der Waals surface area (Å²) in [6.07, 6.45) is 0.944. The monoisotopic (exact) mass is 319 g/mol. The molecule has 0 aliphatic rings. The lowest BCUT2D eigenvalue weighted by atomic mass is 9.85. The Balaban J connectivity index is 3.54. The molecule has 0 unspecified atom stereocenters. The van der Waals surface area contributed by atoms with E-state index < -0.39 is 0 Å². The highest BCUT2D eigenvalue weighted by molar-refractivity contribution is 7.40. The van der Waals surface area contributed by atoms with Crippen molar-refractivity contribution in [3.05, 3.63) is 34.4 Å². The molecule has 0 atom stereocenters. The topological polar surface area (TPSA) is 23.1 Å². The maximum atomic E-state index is 12.9. The summed E-state index contributed by atoms with van der Waals surface area (Å²) in [6.45, 7) is 17.6. The van der Waals surface area contributed by atoms with Gasteiger partial charge in [0, 0.05) is 0 Å². The highest BCUT2D eigenvalue weighted by atomic mass is 31.1. The van der Waals surface area contributed by atoms with E-state index in [4.69, 9.17) is 0 Å². The first-order valence-electron chi connectivity index (χ1n) is 8.54. The highest BCUT2D eigenvalue weighted by Gasteiger charge is 2.16. The Morgan fingerprint density at radius 2 is 1.32 bits per heavy atom. The lowest BCUT2D eigenvalue weighted by Crippen LogP contribution is -2.22. The molecule has 0 aromatic heterocycles. The van der Waals surface area contributed by atoms with Gasteiger partial charge < -0.3 is 5.11 Å². The normalized spacial score (nSPS) is 13.0. The SMILES string of the molecule is CC(C)CP=C([O-])c1c(C(C)C)cc(C(C)C)cc1C(C)C. The molecule has 0 N–H and O–H groups in total. The first kappa shape index (κ1) is 19.4. The van der Waals surface area contributed by atoms with Crippen molar-refractivity contribution in [2.75, 3.05) is 6.16 Å². The second-order valence-electron chi connectivity index (χ2n) is 7.58. The molecule has 124 valence electrons. The molecule has 0 bridgehead atoms. The van der Waals surface area contributed by atoms with Crippen LogP contribution < -0.4 is 5.11 Å². The molecule has 2 heteroatoms. The van der Waals surface area contributed by atoms with Gasteiger partial charge >= 0.3 is 0 Å². The van der Waals surface area contributed by atoms with Crippen molar-refractivity contribution in [2.24, 2.45) is 5.92 Å². The molecule has 22 heavy (non-hydrogen) atoms. The molecule has 0 aliphatic heterocycles. The van der Waals surface area contributed by atoms with E-state index in [2.05, 4.69) is 67.5 Å². The zero-order valence-corrected chi connectivity index (χ0v) is 16.4. The van der Waals surface area contributed by atoms with E-state index in [1.54, 1.807) is 0 Å². The third-order valence-corrected chi connectivity index (χ3v) is 5.37. The fourth-order valence-electron chi connectivity index (χ4n) is 2.55. The minimum Gasteiger partial charge on any atom is -0.824 e. The molecule has 1 aromatic carbocycles. The summed E-state index contributed by atoms with van der Waals surface area (Å²) >= 11 is 0. The molecule has 1 aromatic rings. The Labute approximate surface area is 139 Å². The van der Waals surface area contributed by atoms with Gasteiger partial charge in [0.1, 0.15) is 0 Å². The summed E-state index contributed by atoms with van der Waals surface area (Å²) in [4.78, 5) is 0. The summed E-state index contributed by atoms with van der Waals surface area (Å²) in [7, 11) is 0.935. The number of hydrogen-bond acceptors (Lipinski definition) is 1. The molecule has 1 nitrogen and oxygen atoms in total. The zero-order valence-electron chi connectivity index (χ0n) is 15.5. The number of hydrogen-bond donors (Lipinski definition) is 0. The van der Waals surface area contributed by atoms with Crippen LogP contribution in [0.25, 0.3) is 0 Å². The van der Waals surface area contributed by atoms with Crippen LogP contribution in [-0.4, -0.2) is 11.6 Å². The number of benzene rings is 1. The first-order valence-corrected chi connectivity index (χ1v) is 9.62. The minimum atomic E-state index is 0.302. The van der Waals surface area contributed by atoms with Gasteiger partial charge in [0.15, 0.2) is 0 Å². The van der Waals surface area contributed by atoms with Crippen molar-refractivity contribution in [3.8, 4) is 0 Å².